The van der Waals surface area contributed by atoms with Gasteiger partial charge in [0, 0.05) is 41.7 Å². The Hall–Kier alpha value is -3.44. The first-order valence-electron chi connectivity index (χ1n) is 10.6. The van der Waals surface area contributed by atoms with Crippen molar-refractivity contribution in [1.29, 1.82) is 0 Å². The highest BCUT2D eigenvalue weighted by Crippen LogP contribution is 2.36. The van der Waals surface area contributed by atoms with E-state index in [1.807, 2.05) is 28.5 Å². The number of hydrogen-bond acceptors (Lipinski definition) is 9. The third-order valence-electron chi connectivity index (χ3n) is 5.54. The summed E-state index contributed by atoms with van der Waals surface area (Å²) in [6, 6.07) is 5.61. The number of H-pyrrole nitrogens is 1. The second kappa shape index (κ2) is 9.20. The number of aryl methyl sites for hydroxylation is 1. The summed E-state index contributed by atoms with van der Waals surface area (Å²) < 4.78 is 16.1. The molecule has 1 amide bonds. The predicted octanol–water partition coefficient (Wildman–Crippen LogP) is 2.34. The van der Waals surface area contributed by atoms with Gasteiger partial charge >= 0.3 is 0 Å². The van der Waals surface area contributed by atoms with Crippen LogP contribution in [0.1, 0.15) is 17.7 Å². The number of ether oxygens (including phenoxy) is 3. The van der Waals surface area contributed by atoms with Crippen LogP contribution in [0.5, 0.6) is 11.5 Å². The number of fused-ring (bicyclic) bond motifs is 1. The number of benzene rings is 1. The fourth-order valence-corrected chi connectivity index (χ4v) is 4.49. The lowest BCUT2D eigenvalue weighted by Crippen LogP contribution is -2.38. The topological polar surface area (TPSA) is 119 Å². The minimum atomic E-state index is -0.212. The summed E-state index contributed by atoms with van der Waals surface area (Å²) >= 11 is 1.34. The number of morpholine rings is 1. The second-order valence-electron chi connectivity index (χ2n) is 7.71. The van der Waals surface area contributed by atoms with Crippen molar-refractivity contribution in [2.45, 2.75) is 19.8 Å². The van der Waals surface area contributed by atoms with Gasteiger partial charge in [-0.05, 0) is 31.5 Å². The van der Waals surface area contributed by atoms with Gasteiger partial charge in [0.05, 0.1) is 18.9 Å². The van der Waals surface area contributed by atoms with E-state index in [2.05, 4.69) is 20.3 Å². The molecular weight excluding hydrogens is 446 g/mol. The lowest BCUT2D eigenvalue weighted by molar-refractivity contribution is -0.116. The van der Waals surface area contributed by atoms with E-state index in [1.165, 1.54) is 11.3 Å². The Bertz CT molecular complexity index is 1230. The Morgan fingerprint density at radius 1 is 1.21 bits per heavy atom. The summed E-state index contributed by atoms with van der Waals surface area (Å²) in [7, 11) is 0. The molecular formula is C22H23N5O5S. The van der Waals surface area contributed by atoms with Gasteiger partial charge in [-0.1, -0.05) is 0 Å². The smallest absolute Gasteiger partial charge is 0.255 e. The van der Waals surface area contributed by atoms with E-state index in [-0.39, 0.29) is 24.7 Å². The molecule has 5 rings (SSSR count). The van der Waals surface area contributed by atoms with Crippen LogP contribution in [-0.4, -0.2) is 54.0 Å². The first kappa shape index (κ1) is 21.4. The van der Waals surface area contributed by atoms with Crippen LogP contribution in [0.2, 0.25) is 0 Å². The minimum absolute atomic E-state index is 0.154. The fraction of sp³-hybridized carbons (Fsp3) is 0.364. The van der Waals surface area contributed by atoms with Crippen LogP contribution < -0.4 is 25.2 Å². The largest absolute Gasteiger partial charge is 0.454 e. The number of hydrogen-bond donors (Lipinski definition) is 2. The van der Waals surface area contributed by atoms with Crippen molar-refractivity contribution in [2.24, 2.45) is 0 Å². The highest BCUT2D eigenvalue weighted by Gasteiger charge is 2.18. The molecule has 1 saturated heterocycles. The molecule has 0 atom stereocenters. The van der Waals surface area contributed by atoms with Crippen molar-refractivity contribution in [3.05, 3.63) is 45.2 Å². The molecule has 1 aromatic carbocycles. The van der Waals surface area contributed by atoms with Crippen molar-refractivity contribution in [2.75, 3.05) is 43.3 Å². The summed E-state index contributed by atoms with van der Waals surface area (Å²) in [6.07, 6.45) is 0.450. The number of amides is 1. The van der Waals surface area contributed by atoms with Crippen LogP contribution in [0, 0.1) is 6.92 Å². The monoisotopic (exact) mass is 469 g/mol. The maximum absolute atomic E-state index is 12.6. The molecule has 11 heteroatoms. The van der Waals surface area contributed by atoms with Gasteiger partial charge in [0.1, 0.15) is 0 Å². The zero-order valence-corrected chi connectivity index (χ0v) is 18.9. The Kier molecular flexibility index (Phi) is 5.97. The molecule has 2 aliphatic rings. The molecule has 33 heavy (non-hydrogen) atoms. The number of nitrogens with one attached hydrogen (secondary N) is 2. The number of anilines is 2. The summed E-state index contributed by atoms with van der Waals surface area (Å²) in [4.78, 5) is 39.0. The minimum Gasteiger partial charge on any atom is -0.454 e. The van der Waals surface area contributed by atoms with Gasteiger partial charge in [-0.15, -0.1) is 11.3 Å². The van der Waals surface area contributed by atoms with E-state index in [1.54, 1.807) is 6.92 Å². The van der Waals surface area contributed by atoms with Gasteiger partial charge in [0.15, 0.2) is 16.6 Å². The highest BCUT2D eigenvalue weighted by atomic mass is 32.1. The Morgan fingerprint density at radius 3 is 2.85 bits per heavy atom. The standard InChI is InChI=1S/C22H23N5O5S/c1-13-15(20(29)26-21(23-13)27-6-8-30-9-7-27)3-5-19(28)25-22-24-16(11-33-22)14-2-4-17-18(10-14)32-12-31-17/h2,4,10-11H,3,5-9,12H2,1H3,(H,23,26,29)(H,24,25,28). The molecule has 4 heterocycles. The SMILES string of the molecule is Cc1nc(N2CCOCC2)[nH]c(=O)c1CCC(=O)Nc1nc(-c2ccc3c(c2)OCO3)cs1. The van der Waals surface area contributed by atoms with Gasteiger partial charge in [-0.2, -0.15) is 0 Å². The molecule has 172 valence electrons. The van der Waals surface area contributed by atoms with Crippen molar-refractivity contribution < 1.29 is 19.0 Å². The summed E-state index contributed by atoms with van der Waals surface area (Å²) in [5.74, 6) is 1.73. The first-order valence-corrected chi connectivity index (χ1v) is 11.5. The van der Waals surface area contributed by atoms with Crippen molar-refractivity contribution in [3.8, 4) is 22.8 Å². The molecule has 0 saturated carbocycles. The second-order valence-corrected chi connectivity index (χ2v) is 8.57. The normalized spacial score (nSPS) is 15.0. The number of carbonyl (C=O) groups excluding carboxylic acids is 1. The molecule has 10 nitrogen and oxygen atoms in total. The zero-order valence-electron chi connectivity index (χ0n) is 18.1. The Labute approximate surface area is 193 Å². The quantitative estimate of drug-likeness (QED) is 0.565. The van der Waals surface area contributed by atoms with Crippen LogP contribution in [0.4, 0.5) is 11.1 Å². The molecule has 0 bridgehead atoms. The first-order chi connectivity index (χ1) is 16.1. The van der Waals surface area contributed by atoms with Gasteiger partial charge in [-0.25, -0.2) is 9.97 Å². The third kappa shape index (κ3) is 4.69. The maximum atomic E-state index is 12.6. The zero-order chi connectivity index (χ0) is 22.8. The van der Waals surface area contributed by atoms with Crippen LogP contribution in [0.3, 0.4) is 0 Å². The van der Waals surface area contributed by atoms with Crippen LogP contribution in [-0.2, 0) is 16.0 Å². The Morgan fingerprint density at radius 2 is 2.03 bits per heavy atom. The van der Waals surface area contributed by atoms with E-state index in [9.17, 15) is 9.59 Å². The van der Waals surface area contributed by atoms with Crippen LogP contribution in [0.25, 0.3) is 11.3 Å². The lowest BCUT2D eigenvalue weighted by Gasteiger charge is -2.27. The van der Waals surface area contributed by atoms with E-state index in [4.69, 9.17) is 14.2 Å². The molecule has 3 aromatic rings. The molecule has 0 aliphatic carbocycles. The number of rotatable bonds is 6. The van der Waals surface area contributed by atoms with Crippen LogP contribution in [0.15, 0.2) is 28.4 Å². The van der Waals surface area contributed by atoms with Crippen LogP contribution >= 0.6 is 11.3 Å². The number of aromatic amines is 1. The molecule has 2 N–H and O–H groups in total. The summed E-state index contributed by atoms with van der Waals surface area (Å²) in [5.41, 5.74) is 2.55. The fourth-order valence-electron chi connectivity index (χ4n) is 3.75. The predicted molar refractivity (Wildman–Crippen MR) is 123 cm³/mol. The van der Waals surface area contributed by atoms with E-state index >= 15 is 0 Å². The highest BCUT2D eigenvalue weighted by molar-refractivity contribution is 7.14. The van der Waals surface area contributed by atoms with Gasteiger partial charge in [0.25, 0.3) is 5.56 Å². The number of carbonyl (C=O) groups is 1. The molecule has 2 aromatic heterocycles. The van der Waals surface area contributed by atoms with E-state index in [0.29, 0.717) is 66.6 Å². The van der Waals surface area contributed by atoms with Gasteiger partial charge in [-0.3, -0.25) is 14.6 Å². The van der Waals surface area contributed by atoms with Gasteiger partial charge in [0.2, 0.25) is 18.6 Å². The number of nitrogens with zero attached hydrogens (tertiary/aromatic N) is 3. The maximum Gasteiger partial charge on any atom is 0.255 e. The molecule has 0 spiro atoms. The third-order valence-corrected chi connectivity index (χ3v) is 6.30. The van der Waals surface area contributed by atoms with Crippen molar-refractivity contribution in [3.63, 3.8) is 0 Å². The molecule has 1 fully saturated rings. The van der Waals surface area contributed by atoms with Crippen molar-refractivity contribution in [1.82, 2.24) is 15.0 Å². The molecule has 2 aliphatic heterocycles. The van der Waals surface area contributed by atoms with Gasteiger partial charge < -0.3 is 24.4 Å². The average Bonchev–Trinajstić information content (AvgIpc) is 3.48. The van der Waals surface area contributed by atoms with E-state index in [0.717, 1.165) is 11.3 Å². The number of thiazole rings is 1. The van der Waals surface area contributed by atoms with E-state index < -0.39 is 0 Å². The van der Waals surface area contributed by atoms with Crippen molar-refractivity contribution >= 4 is 28.3 Å². The molecule has 0 unspecified atom stereocenters. The average molecular weight is 470 g/mol. The Balaban J connectivity index is 1.20. The summed E-state index contributed by atoms with van der Waals surface area (Å²) in [5, 5.41) is 5.18. The molecule has 0 radical (unpaired) electrons. The lowest BCUT2D eigenvalue weighted by atomic mass is 10.1. The number of aromatic nitrogens is 3. The summed E-state index contributed by atoms with van der Waals surface area (Å²) in [6.45, 7) is 4.60.